The van der Waals surface area contributed by atoms with Gasteiger partial charge in [0.05, 0.1) is 0 Å². The standard InChI is InChI=1S/C6H12IO/c1-4-6(3,8)5(2)7/h5H,4H2,1-3H3. The van der Waals surface area contributed by atoms with Crippen LogP contribution >= 0.6 is 22.6 Å². The number of rotatable bonds is 2. The molecule has 0 aliphatic rings. The zero-order chi connectivity index (χ0) is 6.78. The van der Waals surface area contributed by atoms with Gasteiger partial charge in [-0.1, -0.05) is 36.4 Å². The Bertz CT molecular complexity index is 68.9. The van der Waals surface area contributed by atoms with Crippen LogP contribution in [0.15, 0.2) is 0 Å². The van der Waals surface area contributed by atoms with Gasteiger partial charge in [0.25, 0.3) is 0 Å². The van der Waals surface area contributed by atoms with Crippen LogP contribution in [-0.2, 0) is 5.11 Å². The molecule has 0 spiro atoms. The normalized spacial score (nSPS) is 22.1. The number of halogens is 1. The van der Waals surface area contributed by atoms with Gasteiger partial charge in [0.2, 0.25) is 0 Å². The van der Waals surface area contributed by atoms with Crippen LogP contribution in [0.3, 0.4) is 0 Å². The molecule has 1 nitrogen and oxygen atoms in total. The van der Waals surface area contributed by atoms with Crippen molar-refractivity contribution in [1.29, 1.82) is 0 Å². The molecule has 8 heavy (non-hydrogen) atoms. The zero-order valence-corrected chi connectivity index (χ0v) is 7.73. The molecule has 0 heterocycles. The van der Waals surface area contributed by atoms with Crippen molar-refractivity contribution in [2.45, 2.75) is 36.7 Å². The van der Waals surface area contributed by atoms with Gasteiger partial charge in [-0.3, -0.25) is 0 Å². The van der Waals surface area contributed by atoms with E-state index in [1.807, 2.05) is 13.8 Å². The first-order valence-electron chi connectivity index (χ1n) is 2.85. The second kappa shape index (κ2) is 3.01. The molecular weight excluding hydrogens is 215 g/mol. The molecule has 0 aromatic carbocycles. The Hall–Kier alpha value is 0.690. The molecule has 0 aliphatic heterocycles. The minimum absolute atomic E-state index is 0.227. The van der Waals surface area contributed by atoms with Gasteiger partial charge in [-0.25, -0.2) is 5.11 Å². The fraction of sp³-hybridized carbons (Fsp3) is 1.00. The maximum absolute atomic E-state index is 11.2. The predicted octanol–water partition coefficient (Wildman–Crippen LogP) is 2.41. The van der Waals surface area contributed by atoms with Crippen molar-refractivity contribution in [3.8, 4) is 0 Å². The Morgan fingerprint density at radius 2 is 2.12 bits per heavy atom. The highest BCUT2D eigenvalue weighted by Crippen LogP contribution is 2.21. The lowest BCUT2D eigenvalue weighted by Gasteiger charge is -2.20. The summed E-state index contributed by atoms with van der Waals surface area (Å²) in [6.45, 7) is 5.64. The van der Waals surface area contributed by atoms with E-state index in [0.717, 1.165) is 6.42 Å². The molecule has 0 aromatic rings. The molecule has 49 valence electrons. The molecule has 0 aliphatic carbocycles. The smallest absolute Gasteiger partial charge is 0.112 e. The van der Waals surface area contributed by atoms with Gasteiger partial charge < -0.3 is 0 Å². The molecule has 2 heteroatoms. The molecular formula is C6H12IO. The molecule has 0 N–H and O–H groups in total. The minimum Gasteiger partial charge on any atom is -0.229 e. The molecule has 0 saturated carbocycles. The van der Waals surface area contributed by atoms with Crippen molar-refractivity contribution in [2.75, 3.05) is 0 Å². The van der Waals surface area contributed by atoms with Gasteiger partial charge >= 0.3 is 0 Å². The van der Waals surface area contributed by atoms with Crippen LogP contribution in [0.1, 0.15) is 27.2 Å². The van der Waals surface area contributed by atoms with Crippen LogP contribution in [0, 0.1) is 0 Å². The summed E-state index contributed by atoms with van der Waals surface area (Å²) in [6, 6.07) is 0. The van der Waals surface area contributed by atoms with Crippen LogP contribution in [0.4, 0.5) is 0 Å². The van der Waals surface area contributed by atoms with Gasteiger partial charge in [-0.15, -0.1) is 0 Å². The summed E-state index contributed by atoms with van der Waals surface area (Å²) < 4.78 is 0.227. The fourth-order valence-corrected chi connectivity index (χ4v) is 0.722. The van der Waals surface area contributed by atoms with Gasteiger partial charge in [-0.05, 0) is 13.3 Å². The number of hydrogen-bond donors (Lipinski definition) is 0. The van der Waals surface area contributed by atoms with Gasteiger partial charge in [0.1, 0.15) is 5.60 Å². The minimum atomic E-state index is -0.722. The van der Waals surface area contributed by atoms with Crippen molar-refractivity contribution in [3.63, 3.8) is 0 Å². The lowest BCUT2D eigenvalue weighted by Crippen LogP contribution is -2.30. The summed E-state index contributed by atoms with van der Waals surface area (Å²) >= 11 is 2.17. The van der Waals surface area contributed by atoms with Gasteiger partial charge in [0.15, 0.2) is 0 Å². The van der Waals surface area contributed by atoms with Crippen molar-refractivity contribution in [2.24, 2.45) is 0 Å². The average molecular weight is 227 g/mol. The monoisotopic (exact) mass is 227 g/mol. The average Bonchev–Trinajstić information content (AvgIpc) is 1.67. The van der Waals surface area contributed by atoms with Crippen LogP contribution in [-0.4, -0.2) is 9.53 Å². The largest absolute Gasteiger partial charge is 0.229 e. The maximum atomic E-state index is 11.2. The van der Waals surface area contributed by atoms with E-state index in [0.29, 0.717) is 0 Å². The van der Waals surface area contributed by atoms with Crippen molar-refractivity contribution in [3.05, 3.63) is 0 Å². The molecule has 0 rings (SSSR count). The summed E-state index contributed by atoms with van der Waals surface area (Å²) in [7, 11) is 0. The highest BCUT2D eigenvalue weighted by Gasteiger charge is 2.25. The highest BCUT2D eigenvalue weighted by molar-refractivity contribution is 14.1. The predicted molar refractivity (Wildman–Crippen MR) is 42.9 cm³/mol. The quantitative estimate of drug-likeness (QED) is 0.510. The molecule has 0 fully saturated rings. The topological polar surface area (TPSA) is 19.9 Å². The van der Waals surface area contributed by atoms with E-state index in [1.54, 1.807) is 6.92 Å². The summed E-state index contributed by atoms with van der Waals surface area (Å²) in [5, 5.41) is 11.2. The van der Waals surface area contributed by atoms with Gasteiger partial charge in [0, 0.05) is 3.92 Å². The number of alkyl halides is 1. The second-order valence-corrected chi connectivity index (χ2v) is 4.15. The zero-order valence-electron chi connectivity index (χ0n) is 5.57. The fourth-order valence-electron chi connectivity index (χ4n) is 0.281. The Kier molecular flexibility index (Phi) is 3.27. The number of hydrogen-bond acceptors (Lipinski definition) is 0. The summed E-state index contributed by atoms with van der Waals surface area (Å²) in [4.78, 5) is 0. The second-order valence-electron chi connectivity index (χ2n) is 2.28. The Morgan fingerprint density at radius 3 is 2.12 bits per heavy atom. The first-order valence-corrected chi connectivity index (χ1v) is 4.09. The lowest BCUT2D eigenvalue weighted by atomic mass is 10.0. The molecule has 0 amide bonds. The van der Waals surface area contributed by atoms with Crippen molar-refractivity contribution >= 4 is 22.6 Å². The Balaban J connectivity index is 3.71. The Labute approximate surface area is 64.6 Å². The molecule has 0 saturated heterocycles. The van der Waals surface area contributed by atoms with E-state index in [2.05, 4.69) is 22.6 Å². The summed E-state index contributed by atoms with van der Waals surface area (Å²) in [6.07, 6.45) is 0.719. The van der Waals surface area contributed by atoms with E-state index >= 15 is 0 Å². The molecule has 2 unspecified atom stereocenters. The van der Waals surface area contributed by atoms with Crippen LogP contribution in [0.25, 0.3) is 0 Å². The van der Waals surface area contributed by atoms with Crippen LogP contribution in [0.5, 0.6) is 0 Å². The first kappa shape index (κ1) is 8.69. The molecule has 2 atom stereocenters. The van der Waals surface area contributed by atoms with E-state index in [9.17, 15) is 5.11 Å². The van der Waals surface area contributed by atoms with Crippen molar-refractivity contribution in [1.82, 2.24) is 0 Å². The third-order valence-electron chi connectivity index (χ3n) is 1.54. The molecule has 0 aromatic heterocycles. The molecule has 1 radical (unpaired) electrons. The SMILES string of the molecule is CCC(C)([O])C(C)I. The van der Waals surface area contributed by atoms with Gasteiger partial charge in [-0.2, -0.15) is 0 Å². The first-order chi connectivity index (χ1) is 3.50. The Morgan fingerprint density at radius 1 is 1.75 bits per heavy atom. The van der Waals surface area contributed by atoms with E-state index in [4.69, 9.17) is 0 Å². The highest BCUT2D eigenvalue weighted by atomic mass is 127. The lowest BCUT2D eigenvalue weighted by molar-refractivity contribution is -0.0105. The molecule has 0 bridgehead atoms. The maximum Gasteiger partial charge on any atom is 0.112 e. The van der Waals surface area contributed by atoms with E-state index < -0.39 is 5.60 Å². The summed E-state index contributed by atoms with van der Waals surface area (Å²) in [5.74, 6) is 0. The van der Waals surface area contributed by atoms with Crippen LogP contribution < -0.4 is 0 Å². The third-order valence-corrected chi connectivity index (χ3v) is 2.86. The van der Waals surface area contributed by atoms with Crippen molar-refractivity contribution < 1.29 is 5.11 Å². The summed E-state index contributed by atoms with van der Waals surface area (Å²) in [5.41, 5.74) is -0.722. The third kappa shape index (κ3) is 2.31. The van der Waals surface area contributed by atoms with E-state index in [-0.39, 0.29) is 3.92 Å². The van der Waals surface area contributed by atoms with Crippen LogP contribution in [0.2, 0.25) is 0 Å². The van der Waals surface area contributed by atoms with E-state index in [1.165, 1.54) is 0 Å².